The quantitative estimate of drug-likeness (QED) is 0.625. The Balaban J connectivity index is 1.57. The molecule has 0 amide bonds. The van der Waals surface area contributed by atoms with Gasteiger partial charge < -0.3 is 9.38 Å². The van der Waals surface area contributed by atoms with Crippen molar-refractivity contribution in [2.75, 3.05) is 7.05 Å². The van der Waals surface area contributed by atoms with E-state index >= 15 is 0 Å². The predicted octanol–water partition coefficient (Wildman–Crippen LogP) is 3.45. The second-order valence-electron chi connectivity index (χ2n) is 5.71. The molecule has 4 aromatic rings. The number of nitrogens with zero attached hydrogens (tertiary/aromatic N) is 3. The van der Waals surface area contributed by atoms with Gasteiger partial charge in [0, 0.05) is 36.4 Å². The van der Waals surface area contributed by atoms with Gasteiger partial charge in [0.15, 0.2) is 0 Å². The van der Waals surface area contributed by atoms with Crippen LogP contribution in [0.25, 0.3) is 16.6 Å². The lowest BCUT2D eigenvalue weighted by atomic mass is 10.1. The highest BCUT2D eigenvalue weighted by Crippen LogP contribution is 2.19. The van der Waals surface area contributed by atoms with E-state index in [0.29, 0.717) is 0 Å². The maximum absolute atomic E-state index is 4.45. The molecule has 0 unspecified atom stereocenters. The van der Waals surface area contributed by atoms with Crippen molar-refractivity contribution >= 4 is 16.6 Å². The van der Waals surface area contributed by atoms with E-state index in [1.807, 2.05) is 30.6 Å². The Kier molecular flexibility index (Phi) is 3.16. The molecule has 4 rings (SSSR count). The fourth-order valence-electron chi connectivity index (χ4n) is 3.01. The largest absolute Gasteiger partial charge is 0.361 e. The Labute approximate surface area is 129 Å². The average molecular weight is 290 g/mol. The molecule has 0 aliphatic carbocycles. The summed E-state index contributed by atoms with van der Waals surface area (Å²) in [6, 6.07) is 14.7. The molecule has 4 nitrogen and oxygen atoms in total. The summed E-state index contributed by atoms with van der Waals surface area (Å²) in [5, 5.41) is 1.30. The third kappa shape index (κ3) is 2.27. The van der Waals surface area contributed by atoms with Gasteiger partial charge in [0.25, 0.3) is 0 Å². The van der Waals surface area contributed by atoms with E-state index in [4.69, 9.17) is 0 Å². The molecule has 22 heavy (non-hydrogen) atoms. The van der Waals surface area contributed by atoms with Gasteiger partial charge in [-0.25, -0.2) is 4.98 Å². The first-order valence-electron chi connectivity index (χ1n) is 7.46. The van der Waals surface area contributed by atoms with E-state index in [2.05, 4.69) is 56.8 Å². The van der Waals surface area contributed by atoms with Crippen LogP contribution in [0.4, 0.5) is 0 Å². The zero-order valence-corrected chi connectivity index (χ0v) is 12.5. The number of fused-ring (bicyclic) bond motifs is 2. The van der Waals surface area contributed by atoms with Gasteiger partial charge in [-0.1, -0.05) is 18.2 Å². The molecule has 0 radical (unpaired) electrons. The van der Waals surface area contributed by atoms with Gasteiger partial charge in [-0.15, -0.1) is 0 Å². The molecule has 0 fully saturated rings. The Morgan fingerprint density at radius 2 is 2.05 bits per heavy atom. The van der Waals surface area contributed by atoms with Crippen LogP contribution in [-0.4, -0.2) is 26.3 Å². The normalized spacial score (nSPS) is 11.7. The van der Waals surface area contributed by atoms with Crippen LogP contribution >= 0.6 is 0 Å². The molecular formula is C18H18N4. The van der Waals surface area contributed by atoms with Crippen LogP contribution in [0.5, 0.6) is 0 Å². The van der Waals surface area contributed by atoms with Gasteiger partial charge in [0.1, 0.15) is 5.65 Å². The summed E-state index contributed by atoms with van der Waals surface area (Å²) < 4.78 is 2.15. The van der Waals surface area contributed by atoms with Crippen molar-refractivity contribution < 1.29 is 0 Å². The minimum atomic E-state index is 0.867. The van der Waals surface area contributed by atoms with E-state index in [1.54, 1.807) is 0 Å². The van der Waals surface area contributed by atoms with Crippen LogP contribution in [-0.2, 0) is 13.1 Å². The fourth-order valence-corrected chi connectivity index (χ4v) is 3.01. The molecule has 0 saturated carbocycles. The Morgan fingerprint density at radius 1 is 1.09 bits per heavy atom. The van der Waals surface area contributed by atoms with Gasteiger partial charge in [-0.3, -0.25) is 4.90 Å². The number of hydrogen-bond donors (Lipinski definition) is 1. The van der Waals surface area contributed by atoms with Crippen LogP contribution < -0.4 is 0 Å². The van der Waals surface area contributed by atoms with Gasteiger partial charge in [-0.2, -0.15) is 0 Å². The number of nitrogens with one attached hydrogen (secondary N) is 1. The first-order chi connectivity index (χ1) is 10.8. The van der Waals surface area contributed by atoms with E-state index in [0.717, 1.165) is 18.7 Å². The molecular weight excluding hydrogens is 272 g/mol. The Hall–Kier alpha value is -2.59. The zero-order chi connectivity index (χ0) is 14.9. The maximum Gasteiger partial charge on any atom is 0.136 e. The molecule has 0 atom stereocenters. The van der Waals surface area contributed by atoms with Crippen LogP contribution in [0.2, 0.25) is 0 Å². The van der Waals surface area contributed by atoms with Crippen LogP contribution in [0.15, 0.2) is 61.1 Å². The fraction of sp³-hybridized carbons (Fsp3) is 0.167. The van der Waals surface area contributed by atoms with Crippen molar-refractivity contribution in [1.82, 2.24) is 19.3 Å². The van der Waals surface area contributed by atoms with Crippen LogP contribution in [0.1, 0.15) is 11.3 Å². The Bertz CT molecular complexity index is 919. The molecule has 0 spiro atoms. The highest BCUT2D eigenvalue weighted by molar-refractivity contribution is 5.82. The van der Waals surface area contributed by atoms with Crippen molar-refractivity contribution in [3.63, 3.8) is 0 Å². The standard InChI is InChI=1S/C18H18N4/c1-21(12-14-5-4-6-17-16(14)8-9-19-17)13-15-11-20-18-7-2-3-10-22(15)18/h2-11,19H,12-13H2,1H3. The summed E-state index contributed by atoms with van der Waals surface area (Å²) in [7, 11) is 2.15. The molecule has 3 heterocycles. The molecule has 1 aromatic carbocycles. The van der Waals surface area contributed by atoms with E-state index in [9.17, 15) is 0 Å². The number of imidazole rings is 1. The van der Waals surface area contributed by atoms with Crippen molar-refractivity contribution in [3.8, 4) is 0 Å². The number of aromatic nitrogens is 3. The van der Waals surface area contributed by atoms with Gasteiger partial charge in [-0.05, 0) is 36.9 Å². The van der Waals surface area contributed by atoms with Crippen LogP contribution in [0.3, 0.4) is 0 Å². The van der Waals surface area contributed by atoms with Crippen molar-refractivity contribution in [3.05, 3.63) is 72.3 Å². The highest BCUT2D eigenvalue weighted by Gasteiger charge is 2.08. The van der Waals surface area contributed by atoms with Gasteiger partial charge in [0.05, 0.1) is 11.9 Å². The number of H-pyrrole nitrogens is 1. The smallest absolute Gasteiger partial charge is 0.136 e. The SMILES string of the molecule is CN(Cc1cccc2[nH]ccc12)Cc1cnc2ccccn12. The number of benzene rings is 1. The molecule has 0 aliphatic heterocycles. The van der Waals surface area contributed by atoms with Crippen molar-refractivity contribution in [2.45, 2.75) is 13.1 Å². The second-order valence-corrected chi connectivity index (χ2v) is 5.71. The monoisotopic (exact) mass is 290 g/mol. The minimum absolute atomic E-state index is 0.867. The summed E-state index contributed by atoms with van der Waals surface area (Å²) in [6.07, 6.45) is 6.03. The first-order valence-corrected chi connectivity index (χ1v) is 7.46. The summed E-state index contributed by atoms with van der Waals surface area (Å²) in [5.41, 5.74) is 4.74. The molecule has 0 bridgehead atoms. The summed E-state index contributed by atoms with van der Waals surface area (Å²) in [5.74, 6) is 0. The first kappa shape index (κ1) is 13.1. The van der Waals surface area contributed by atoms with Crippen molar-refractivity contribution in [1.29, 1.82) is 0 Å². The molecule has 3 aromatic heterocycles. The van der Waals surface area contributed by atoms with Gasteiger partial charge >= 0.3 is 0 Å². The number of pyridine rings is 1. The molecule has 0 aliphatic rings. The number of hydrogen-bond acceptors (Lipinski definition) is 2. The third-order valence-corrected chi connectivity index (χ3v) is 4.05. The molecule has 110 valence electrons. The summed E-state index contributed by atoms with van der Waals surface area (Å²) in [4.78, 5) is 10.0. The minimum Gasteiger partial charge on any atom is -0.361 e. The Morgan fingerprint density at radius 3 is 3.00 bits per heavy atom. The lowest BCUT2D eigenvalue weighted by Gasteiger charge is -2.17. The zero-order valence-electron chi connectivity index (χ0n) is 12.5. The van der Waals surface area contributed by atoms with Crippen molar-refractivity contribution in [2.24, 2.45) is 0 Å². The molecule has 1 N–H and O–H groups in total. The molecule has 0 saturated heterocycles. The average Bonchev–Trinajstić information content (AvgIpc) is 3.15. The predicted molar refractivity (Wildman–Crippen MR) is 88.7 cm³/mol. The molecule has 4 heteroatoms. The summed E-state index contributed by atoms with van der Waals surface area (Å²) in [6.45, 7) is 1.78. The van der Waals surface area contributed by atoms with E-state index in [-0.39, 0.29) is 0 Å². The van der Waals surface area contributed by atoms with Gasteiger partial charge in [0.2, 0.25) is 0 Å². The number of rotatable bonds is 4. The lowest BCUT2D eigenvalue weighted by Crippen LogP contribution is -2.18. The van der Waals surface area contributed by atoms with E-state index < -0.39 is 0 Å². The lowest BCUT2D eigenvalue weighted by molar-refractivity contribution is 0.315. The summed E-state index contributed by atoms with van der Waals surface area (Å²) >= 11 is 0. The van der Waals surface area contributed by atoms with Crippen LogP contribution in [0, 0.1) is 0 Å². The highest BCUT2D eigenvalue weighted by atomic mass is 15.1. The van der Waals surface area contributed by atoms with E-state index in [1.165, 1.54) is 22.2 Å². The third-order valence-electron chi connectivity index (χ3n) is 4.05. The topological polar surface area (TPSA) is 36.3 Å². The maximum atomic E-state index is 4.45. The second kappa shape index (κ2) is 5.31. The number of aromatic amines is 1.